The minimum atomic E-state index is -4.98. The smallest absolute Gasteiger partial charge is 0.493 e. The van der Waals surface area contributed by atoms with Gasteiger partial charge in [-0.2, -0.15) is 13.2 Å². The number of hydrogen-bond donors (Lipinski definition) is 1. The van der Waals surface area contributed by atoms with Gasteiger partial charge < -0.3 is 19.5 Å². The summed E-state index contributed by atoms with van der Waals surface area (Å²) < 4.78 is 109. The van der Waals surface area contributed by atoms with Crippen molar-refractivity contribution < 1.29 is 53.8 Å². The number of ether oxygens (including phenoxy) is 3. The molecule has 3 aromatic rings. The van der Waals surface area contributed by atoms with Crippen LogP contribution in [0.5, 0.6) is 17.2 Å². The molecule has 0 amide bonds. The first-order chi connectivity index (χ1) is 17.1. The number of hydrogen-bond acceptors (Lipinski definition) is 9. The number of methoxy groups -OCH3 is 2. The molecule has 0 aliphatic heterocycles. The van der Waals surface area contributed by atoms with Crippen molar-refractivity contribution in [2.45, 2.75) is 24.4 Å². The monoisotopic (exact) mass is 555 g/mol. The predicted octanol–water partition coefficient (Wildman–Crippen LogP) is 4.83. The van der Waals surface area contributed by atoms with Crippen molar-refractivity contribution in [1.29, 1.82) is 0 Å². The molecular weight excluding hydrogens is 536 g/mol. The van der Waals surface area contributed by atoms with Crippen LogP contribution >= 0.6 is 0 Å². The Labute approximate surface area is 206 Å². The summed E-state index contributed by atoms with van der Waals surface area (Å²) in [6, 6.07) is 6.18. The predicted molar refractivity (Wildman–Crippen MR) is 119 cm³/mol. The maximum atomic E-state index is 12.9. The van der Waals surface area contributed by atoms with Gasteiger partial charge >= 0.3 is 12.5 Å². The highest BCUT2D eigenvalue weighted by atomic mass is 32.2. The van der Waals surface area contributed by atoms with Crippen molar-refractivity contribution >= 4 is 38.5 Å². The molecule has 0 bridgehead atoms. The van der Waals surface area contributed by atoms with Gasteiger partial charge in [0.2, 0.25) is 6.29 Å². The van der Waals surface area contributed by atoms with E-state index < -0.39 is 34.4 Å². The van der Waals surface area contributed by atoms with Crippen molar-refractivity contribution in [2.75, 3.05) is 25.3 Å². The first kappa shape index (κ1) is 29.4. The molecule has 16 heteroatoms. The number of aromatic nitrogens is 2. The molecule has 0 spiro atoms. The van der Waals surface area contributed by atoms with Gasteiger partial charge in [0, 0.05) is 11.5 Å². The lowest BCUT2D eigenvalue weighted by Gasteiger charge is -2.17. The number of nitrogens with one attached hydrogen (secondary N) is 1. The number of alkyl halides is 6. The molecule has 0 radical (unpaired) electrons. The summed E-state index contributed by atoms with van der Waals surface area (Å²) in [5.74, 6) is 0.0248. The molecule has 0 unspecified atom stereocenters. The summed E-state index contributed by atoms with van der Waals surface area (Å²) >= 11 is 0. The van der Waals surface area contributed by atoms with Crippen molar-refractivity contribution in [1.82, 2.24) is 9.97 Å². The maximum absolute atomic E-state index is 12.9. The number of anilines is 2. The van der Waals surface area contributed by atoms with Gasteiger partial charge in [-0.25, -0.2) is 18.4 Å². The number of benzene rings is 2. The van der Waals surface area contributed by atoms with E-state index in [1.54, 1.807) is 12.1 Å². The fourth-order valence-corrected chi connectivity index (χ4v) is 3.70. The first-order valence-corrected chi connectivity index (χ1v) is 11.6. The van der Waals surface area contributed by atoms with Crippen molar-refractivity contribution in [3.63, 3.8) is 0 Å². The zero-order chi connectivity index (χ0) is 28.0. The van der Waals surface area contributed by atoms with Crippen LogP contribution in [0.15, 0.2) is 41.6 Å². The highest BCUT2D eigenvalue weighted by molar-refractivity contribution is 7.91. The number of nitrogens with zero attached hydrogens (tertiary/aromatic N) is 2. The molecule has 0 aliphatic carbocycles. The fraction of sp³-hybridized carbons (Fsp3) is 0.286. The van der Waals surface area contributed by atoms with Crippen LogP contribution in [0.25, 0.3) is 10.9 Å². The second-order valence-electron chi connectivity index (χ2n) is 6.84. The molecule has 2 aromatic carbocycles. The summed E-state index contributed by atoms with van der Waals surface area (Å²) in [6.07, 6.45) is -9.48. The number of aldehydes is 1. The minimum absolute atomic E-state index is 0.115. The third kappa shape index (κ3) is 8.09. The number of carbonyl (C=O) groups is 1. The Kier molecular flexibility index (Phi) is 9.13. The largest absolute Gasteiger partial charge is 0.573 e. The first-order valence-electron chi connectivity index (χ1n) is 9.93. The number of halogens is 6. The Morgan fingerprint density at radius 2 is 1.54 bits per heavy atom. The third-order valence-corrected chi connectivity index (χ3v) is 6.18. The Bertz CT molecular complexity index is 1360. The van der Waals surface area contributed by atoms with E-state index >= 15 is 0 Å². The van der Waals surface area contributed by atoms with Crippen LogP contribution in [0.2, 0.25) is 0 Å². The van der Waals surface area contributed by atoms with E-state index in [1.165, 1.54) is 27.5 Å². The van der Waals surface area contributed by atoms with Crippen LogP contribution in [0.1, 0.15) is 6.92 Å². The summed E-state index contributed by atoms with van der Waals surface area (Å²) in [6.45, 7) is 1.43. The van der Waals surface area contributed by atoms with Gasteiger partial charge in [-0.3, -0.25) is 4.79 Å². The lowest BCUT2D eigenvalue weighted by Crippen LogP contribution is -2.18. The summed E-state index contributed by atoms with van der Waals surface area (Å²) in [4.78, 5) is 16.7. The molecule has 0 saturated carbocycles. The topological polar surface area (TPSA) is 117 Å². The van der Waals surface area contributed by atoms with Crippen LogP contribution in [0, 0.1) is 0 Å². The Morgan fingerprint density at radius 1 is 0.946 bits per heavy atom. The van der Waals surface area contributed by atoms with Gasteiger partial charge in [-0.1, -0.05) is 6.92 Å². The molecule has 1 N–H and O–H groups in total. The summed E-state index contributed by atoms with van der Waals surface area (Å²) in [7, 11) is -0.807. The van der Waals surface area contributed by atoms with Crippen LogP contribution in [-0.2, 0) is 14.6 Å². The molecule has 0 atom stereocenters. The molecule has 1 aromatic heterocycles. The minimum Gasteiger partial charge on any atom is -0.493 e. The normalized spacial score (nSPS) is 11.8. The molecule has 37 heavy (non-hydrogen) atoms. The molecule has 9 nitrogen and oxygen atoms in total. The van der Waals surface area contributed by atoms with E-state index in [9.17, 15) is 34.8 Å². The van der Waals surface area contributed by atoms with Crippen LogP contribution in [0.4, 0.5) is 37.8 Å². The molecule has 1 heterocycles. The Morgan fingerprint density at radius 3 is 2.05 bits per heavy atom. The average Bonchev–Trinajstić information content (AvgIpc) is 2.83. The molecule has 0 aliphatic rings. The highest BCUT2D eigenvalue weighted by Gasteiger charge is 2.33. The standard InChI is InChI=1S/C19H18F3N3O5S.C2HF3O/c1-4-31(26,27)11-5-6-15(30-19(20,21)22)14(7-11)25-18-12-8-16(28-2)17(29-3)9-13(12)23-10-24-18;3-2(4,5)1-6/h5-10H,4H2,1-3H3,(H,23,24,25);1H. The lowest BCUT2D eigenvalue weighted by atomic mass is 10.2. The SMILES string of the molecule is CCS(=O)(=O)c1ccc(OC(F)(F)F)c(Nc2ncnc3cc(OC)c(OC)cc23)c1.O=CC(F)(F)F. The van der Waals surface area contributed by atoms with Crippen molar-refractivity contribution in [3.05, 3.63) is 36.7 Å². The van der Waals surface area contributed by atoms with E-state index in [-0.39, 0.29) is 22.2 Å². The van der Waals surface area contributed by atoms with Gasteiger partial charge in [0.1, 0.15) is 12.1 Å². The quantitative estimate of drug-likeness (QED) is 0.323. The number of fused-ring (bicyclic) bond motifs is 1. The molecule has 0 fully saturated rings. The van der Waals surface area contributed by atoms with E-state index in [0.29, 0.717) is 22.4 Å². The van der Waals surface area contributed by atoms with Gasteiger partial charge in [0.05, 0.1) is 36.1 Å². The van der Waals surface area contributed by atoms with E-state index in [1.807, 2.05) is 0 Å². The second-order valence-corrected chi connectivity index (χ2v) is 9.12. The highest BCUT2D eigenvalue weighted by Crippen LogP contribution is 2.38. The van der Waals surface area contributed by atoms with Crippen molar-refractivity contribution in [3.8, 4) is 17.2 Å². The third-order valence-electron chi connectivity index (χ3n) is 4.44. The average molecular weight is 555 g/mol. The molecule has 0 saturated heterocycles. The summed E-state index contributed by atoms with van der Waals surface area (Å²) in [5, 5.41) is 3.13. The van der Waals surface area contributed by atoms with Crippen molar-refractivity contribution in [2.24, 2.45) is 0 Å². The van der Waals surface area contributed by atoms with Gasteiger partial charge in [0.25, 0.3) is 0 Å². The molecule has 202 valence electrons. The number of sulfone groups is 1. The zero-order valence-corrected chi connectivity index (χ0v) is 20.1. The maximum Gasteiger partial charge on any atom is 0.573 e. The Balaban J connectivity index is 0.000000717. The van der Waals surface area contributed by atoms with Gasteiger partial charge in [-0.05, 0) is 24.3 Å². The number of carbonyl (C=O) groups excluding carboxylic acids is 1. The molecular formula is C21H19F6N3O6S. The van der Waals surface area contributed by atoms with Crippen LogP contribution in [0.3, 0.4) is 0 Å². The van der Waals surface area contributed by atoms with Crippen LogP contribution < -0.4 is 19.5 Å². The number of rotatable bonds is 7. The zero-order valence-electron chi connectivity index (χ0n) is 19.3. The van der Waals surface area contributed by atoms with E-state index in [4.69, 9.17) is 14.3 Å². The lowest BCUT2D eigenvalue weighted by molar-refractivity contribution is -0.274. The van der Waals surface area contributed by atoms with Gasteiger partial charge in [0.15, 0.2) is 27.1 Å². The van der Waals surface area contributed by atoms with Crippen LogP contribution in [-0.4, -0.2) is 57.2 Å². The second kappa shape index (κ2) is 11.5. The van der Waals surface area contributed by atoms with Gasteiger partial charge in [-0.15, -0.1) is 13.2 Å². The van der Waals surface area contributed by atoms with E-state index in [0.717, 1.165) is 18.2 Å². The van der Waals surface area contributed by atoms with E-state index in [2.05, 4.69) is 20.0 Å². The molecule has 3 rings (SSSR count). The fourth-order valence-electron chi connectivity index (χ4n) is 2.79. The summed E-state index contributed by atoms with van der Waals surface area (Å²) in [5.41, 5.74) is 0.187. The Hall–Kier alpha value is -3.82.